The maximum atomic E-state index is 11.7. The number of methoxy groups -OCH3 is 1. The Morgan fingerprint density at radius 1 is 1.22 bits per heavy atom. The number of benzene rings is 1. The van der Waals surface area contributed by atoms with Gasteiger partial charge in [-0.2, -0.15) is 0 Å². The van der Waals surface area contributed by atoms with Crippen LogP contribution in [0.3, 0.4) is 0 Å². The van der Waals surface area contributed by atoms with E-state index in [1.165, 1.54) is 7.11 Å². The van der Waals surface area contributed by atoms with Crippen molar-refractivity contribution < 1.29 is 14.6 Å². The number of fused-ring (bicyclic) bond motifs is 1. The Morgan fingerprint density at radius 3 is 2.78 bits per heavy atom. The number of nitrogens with zero attached hydrogens (tertiary/aromatic N) is 4. The third-order valence-corrected chi connectivity index (χ3v) is 3.33. The van der Waals surface area contributed by atoms with Crippen LogP contribution in [0.15, 0.2) is 52.8 Å². The van der Waals surface area contributed by atoms with Crippen molar-refractivity contribution in [2.45, 2.75) is 6.92 Å². The van der Waals surface area contributed by atoms with E-state index in [-0.39, 0.29) is 5.75 Å². The summed E-state index contributed by atoms with van der Waals surface area (Å²) in [5.41, 5.74) is 1.74. The van der Waals surface area contributed by atoms with E-state index in [1.807, 2.05) is 0 Å². The minimum atomic E-state index is -0.480. The van der Waals surface area contributed by atoms with Crippen LogP contribution in [0, 0.1) is 6.92 Å². The number of imidazole rings is 1. The fraction of sp³-hybridized carbons (Fsp3) is 0.125. The van der Waals surface area contributed by atoms with Crippen LogP contribution < -0.4 is 0 Å². The van der Waals surface area contributed by atoms with Crippen LogP contribution in [-0.4, -0.2) is 27.6 Å². The molecule has 0 amide bonds. The lowest BCUT2D eigenvalue weighted by Gasteiger charge is -2.02. The molecule has 0 radical (unpaired) electrons. The Hall–Kier alpha value is -3.22. The number of aryl methyl sites for hydroxylation is 1. The molecule has 0 aliphatic heterocycles. The largest absolute Gasteiger partial charge is 0.504 e. The zero-order chi connectivity index (χ0) is 16.4. The highest BCUT2D eigenvalue weighted by Crippen LogP contribution is 2.28. The topological polar surface area (TPSA) is 88.5 Å². The second-order valence-electron chi connectivity index (χ2n) is 4.82. The summed E-state index contributed by atoms with van der Waals surface area (Å²) in [6, 6.07) is 10.0. The predicted molar refractivity (Wildman–Crippen MR) is 83.6 cm³/mol. The first kappa shape index (κ1) is 14.7. The highest BCUT2D eigenvalue weighted by Gasteiger charge is 2.13. The lowest BCUT2D eigenvalue weighted by atomic mass is 10.2. The monoisotopic (exact) mass is 310 g/mol. The quantitative estimate of drug-likeness (QED) is 0.592. The Morgan fingerprint density at radius 2 is 2.00 bits per heavy atom. The van der Waals surface area contributed by atoms with Gasteiger partial charge in [-0.25, -0.2) is 9.78 Å². The highest BCUT2D eigenvalue weighted by atomic mass is 16.5. The van der Waals surface area contributed by atoms with Gasteiger partial charge in [-0.05, 0) is 31.2 Å². The van der Waals surface area contributed by atoms with Gasteiger partial charge in [0.15, 0.2) is 17.2 Å². The number of aromatic nitrogens is 2. The van der Waals surface area contributed by atoms with Gasteiger partial charge in [-0.1, -0.05) is 12.1 Å². The molecule has 0 saturated heterocycles. The Labute approximate surface area is 131 Å². The smallest absolute Gasteiger partial charge is 0.340 e. The van der Waals surface area contributed by atoms with Crippen molar-refractivity contribution in [3.63, 3.8) is 0 Å². The van der Waals surface area contributed by atoms with Crippen molar-refractivity contribution in [1.29, 1.82) is 0 Å². The van der Waals surface area contributed by atoms with Gasteiger partial charge in [0, 0.05) is 6.20 Å². The summed E-state index contributed by atoms with van der Waals surface area (Å²) in [4.78, 5) is 16.0. The van der Waals surface area contributed by atoms with E-state index in [2.05, 4.69) is 15.2 Å². The van der Waals surface area contributed by atoms with Crippen molar-refractivity contribution in [1.82, 2.24) is 9.38 Å². The molecule has 0 bridgehead atoms. The molecular formula is C16H14N4O3. The maximum Gasteiger partial charge on any atom is 0.340 e. The number of azo groups is 1. The number of esters is 1. The van der Waals surface area contributed by atoms with Crippen LogP contribution >= 0.6 is 0 Å². The van der Waals surface area contributed by atoms with E-state index in [0.717, 1.165) is 0 Å². The standard InChI is InChI=1S/C16H14N4O3/c1-10-14(20-9-5-8-13(21)15(20)17-10)19-18-12-7-4-3-6-11(12)16(22)23-2/h3-9,21H,1-2H3. The van der Waals surface area contributed by atoms with Gasteiger partial charge in [0.25, 0.3) is 0 Å². The lowest BCUT2D eigenvalue weighted by Crippen LogP contribution is -2.00. The minimum absolute atomic E-state index is 0.0620. The lowest BCUT2D eigenvalue weighted by molar-refractivity contribution is 0.0601. The molecule has 3 rings (SSSR count). The Kier molecular flexibility index (Phi) is 3.76. The van der Waals surface area contributed by atoms with E-state index in [0.29, 0.717) is 28.4 Å². The van der Waals surface area contributed by atoms with E-state index in [4.69, 9.17) is 4.74 Å². The summed E-state index contributed by atoms with van der Waals surface area (Å²) in [6.45, 7) is 1.77. The predicted octanol–water partition coefficient (Wildman–Crippen LogP) is 3.55. The summed E-state index contributed by atoms with van der Waals surface area (Å²) >= 11 is 0. The fourth-order valence-corrected chi connectivity index (χ4v) is 2.22. The minimum Gasteiger partial charge on any atom is -0.504 e. The van der Waals surface area contributed by atoms with E-state index >= 15 is 0 Å². The Bertz CT molecular complexity index is 915. The summed E-state index contributed by atoms with van der Waals surface area (Å²) in [6.07, 6.45) is 1.73. The second kappa shape index (κ2) is 5.88. The second-order valence-corrected chi connectivity index (χ2v) is 4.82. The third-order valence-electron chi connectivity index (χ3n) is 3.33. The number of hydrogen-bond donors (Lipinski definition) is 1. The van der Waals surface area contributed by atoms with Gasteiger partial charge >= 0.3 is 5.97 Å². The zero-order valence-corrected chi connectivity index (χ0v) is 12.6. The molecule has 0 saturated carbocycles. The van der Waals surface area contributed by atoms with E-state index in [1.54, 1.807) is 53.9 Å². The average molecular weight is 310 g/mol. The summed E-state index contributed by atoms with van der Waals surface area (Å²) in [7, 11) is 1.31. The van der Waals surface area contributed by atoms with Crippen molar-refractivity contribution in [2.24, 2.45) is 10.2 Å². The molecule has 23 heavy (non-hydrogen) atoms. The Balaban J connectivity index is 2.07. The molecule has 2 aromatic heterocycles. The van der Waals surface area contributed by atoms with Crippen LogP contribution in [0.25, 0.3) is 5.65 Å². The number of carbonyl (C=O) groups is 1. The van der Waals surface area contributed by atoms with Crippen molar-refractivity contribution in [3.8, 4) is 5.75 Å². The molecule has 3 aromatic rings. The van der Waals surface area contributed by atoms with Crippen LogP contribution in [0.2, 0.25) is 0 Å². The van der Waals surface area contributed by atoms with Crippen LogP contribution in [0.1, 0.15) is 16.1 Å². The molecule has 0 atom stereocenters. The van der Waals surface area contributed by atoms with Crippen molar-refractivity contribution in [2.75, 3.05) is 7.11 Å². The highest BCUT2D eigenvalue weighted by molar-refractivity contribution is 5.94. The molecule has 0 spiro atoms. The number of hydrogen-bond acceptors (Lipinski definition) is 6. The van der Waals surface area contributed by atoms with Gasteiger partial charge in [0.2, 0.25) is 0 Å². The summed E-state index contributed by atoms with van der Waals surface area (Å²) < 4.78 is 6.37. The van der Waals surface area contributed by atoms with Gasteiger partial charge in [0.05, 0.1) is 18.4 Å². The maximum absolute atomic E-state index is 11.7. The van der Waals surface area contributed by atoms with Gasteiger partial charge < -0.3 is 9.84 Å². The first-order valence-electron chi connectivity index (χ1n) is 6.87. The number of aromatic hydroxyl groups is 1. The van der Waals surface area contributed by atoms with Gasteiger partial charge in [-0.15, -0.1) is 10.2 Å². The molecule has 0 aliphatic carbocycles. The number of ether oxygens (including phenoxy) is 1. The molecule has 0 unspecified atom stereocenters. The molecular weight excluding hydrogens is 296 g/mol. The van der Waals surface area contributed by atoms with Crippen LogP contribution in [0.5, 0.6) is 5.75 Å². The average Bonchev–Trinajstić information content (AvgIpc) is 2.89. The van der Waals surface area contributed by atoms with Gasteiger partial charge in [-0.3, -0.25) is 4.40 Å². The van der Waals surface area contributed by atoms with Crippen molar-refractivity contribution in [3.05, 3.63) is 53.9 Å². The molecule has 7 nitrogen and oxygen atoms in total. The van der Waals surface area contributed by atoms with E-state index < -0.39 is 5.97 Å². The first-order valence-corrected chi connectivity index (χ1v) is 6.87. The normalized spacial score (nSPS) is 11.2. The first-order chi connectivity index (χ1) is 11.1. The summed E-state index contributed by atoms with van der Waals surface area (Å²) in [5.74, 6) is 0.0645. The molecule has 7 heteroatoms. The number of carbonyl (C=O) groups excluding carboxylic acids is 1. The van der Waals surface area contributed by atoms with Gasteiger partial charge in [0.1, 0.15) is 5.69 Å². The van der Waals surface area contributed by atoms with Crippen LogP contribution in [0.4, 0.5) is 11.5 Å². The molecule has 0 fully saturated rings. The SMILES string of the molecule is COC(=O)c1ccccc1N=Nc1c(C)nc2c(O)cccn12. The molecule has 1 aromatic carbocycles. The fourth-order valence-electron chi connectivity index (χ4n) is 2.22. The van der Waals surface area contributed by atoms with Crippen LogP contribution in [-0.2, 0) is 4.74 Å². The number of rotatable bonds is 3. The van der Waals surface area contributed by atoms with Crippen molar-refractivity contribution >= 4 is 23.1 Å². The molecule has 0 aliphatic rings. The molecule has 1 N–H and O–H groups in total. The summed E-state index contributed by atoms with van der Waals surface area (Å²) in [5, 5.41) is 18.2. The number of pyridine rings is 1. The molecule has 2 heterocycles. The molecule has 116 valence electrons. The van der Waals surface area contributed by atoms with E-state index in [9.17, 15) is 9.90 Å². The zero-order valence-electron chi connectivity index (χ0n) is 12.6. The third kappa shape index (κ3) is 2.64.